The van der Waals surface area contributed by atoms with E-state index in [4.69, 9.17) is 0 Å². The molecule has 5 nitrogen and oxygen atoms in total. The zero-order valence-corrected chi connectivity index (χ0v) is 10.7. The van der Waals surface area contributed by atoms with E-state index < -0.39 is 0 Å². The van der Waals surface area contributed by atoms with Crippen LogP contribution in [-0.4, -0.2) is 62.5 Å². The second-order valence-corrected chi connectivity index (χ2v) is 3.80. The Morgan fingerprint density at radius 1 is 1.12 bits per heavy atom. The second-order valence-electron chi connectivity index (χ2n) is 3.80. The lowest BCUT2D eigenvalue weighted by atomic mass is 10.3. The van der Waals surface area contributed by atoms with Crippen LogP contribution in [-0.2, 0) is 14.3 Å². The monoisotopic (exact) mass is 230 g/mol. The average molecular weight is 230 g/mol. The molecule has 94 valence electrons. The van der Waals surface area contributed by atoms with Gasteiger partial charge in [0.05, 0.1) is 13.5 Å². The Kier molecular flexibility index (Phi) is 7.54. The first-order valence-corrected chi connectivity index (χ1v) is 5.50. The molecule has 0 spiro atoms. The van der Waals surface area contributed by atoms with Gasteiger partial charge in [0.25, 0.3) is 0 Å². The molecule has 0 bridgehead atoms. The molecule has 0 atom stereocenters. The predicted molar refractivity (Wildman–Crippen MR) is 62.1 cm³/mol. The van der Waals surface area contributed by atoms with E-state index in [0.717, 1.165) is 6.54 Å². The summed E-state index contributed by atoms with van der Waals surface area (Å²) in [7, 11) is 4.87. The Morgan fingerprint density at radius 2 is 1.69 bits per heavy atom. The van der Waals surface area contributed by atoms with E-state index in [1.165, 1.54) is 7.11 Å². The number of hydrogen-bond acceptors (Lipinski definition) is 4. The van der Waals surface area contributed by atoms with Crippen molar-refractivity contribution < 1.29 is 14.3 Å². The van der Waals surface area contributed by atoms with Crippen molar-refractivity contribution in [2.45, 2.75) is 19.8 Å². The largest absolute Gasteiger partial charge is 0.469 e. The van der Waals surface area contributed by atoms with Crippen LogP contribution >= 0.6 is 0 Å². The van der Waals surface area contributed by atoms with Gasteiger partial charge in [-0.2, -0.15) is 0 Å². The molecule has 0 aliphatic carbocycles. The SMILES string of the molecule is CCN(CCC(=O)OC)CCC(=O)N(C)C. The Bertz CT molecular complexity index is 229. The molecule has 0 heterocycles. The fourth-order valence-electron chi connectivity index (χ4n) is 1.26. The van der Waals surface area contributed by atoms with Crippen LogP contribution in [0.5, 0.6) is 0 Å². The van der Waals surface area contributed by atoms with Gasteiger partial charge in [-0.3, -0.25) is 9.59 Å². The van der Waals surface area contributed by atoms with Gasteiger partial charge in [0.15, 0.2) is 0 Å². The number of carbonyl (C=O) groups excluding carboxylic acids is 2. The minimum Gasteiger partial charge on any atom is -0.469 e. The molecule has 0 aromatic carbocycles. The number of hydrogen-bond donors (Lipinski definition) is 0. The van der Waals surface area contributed by atoms with Gasteiger partial charge in [0.1, 0.15) is 0 Å². The number of esters is 1. The van der Waals surface area contributed by atoms with E-state index in [9.17, 15) is 9.59 Å². The van der Waals surface area contributed by atoms with Crippen molar-refractivity contribution in [3.63, 3.8) is 0 Å². The molecule has 0 saturated heterocycles. The highest BCUT2D eigenvalue weighted by atomic mass is 16.5. The fraction of sp³-hybridized carbons (Fsp3) is 0.818. The molecule has 0 unspecified atom stereocenters. The quantitative estimate of drug-likeness (QED) is 0.592. The molecule has 0 radical (unpaired) electrons. The molecule has 5 heteroatoms. The Balaban J connectivity index is 3.83. The Hall–Kier alpha value is -1.10. The van der Waals surface area contributed by atoms with Crippen LogP contribution in [0.2, 0.25) is 0 Å². The number of methoxy groups -OCH3 is 1. The van der Waals surface area contributed by atoms with Gasteiger partial charge in [-0.15, -0.1) is 0 Å². The molecule has 0 aliphatic rings. The van der Waals surface area contributed by atoms with E-state index in [1.807, 2.05) is 6.92 Å². The molecule has 0 saturated carbocycles. The molecular formula is C11H22N2O3. The summed E-state index contributed by atoms with van der Waals surface area (Å²) in [6.45, 7) is 4.17. The normalized spacial score (nSPS) is 10.3. The van der Waals surface area contributed by atoms with Gasteiger partial charge in [-0.05, 0) is 6.54 Å². The van der Waals surface area contributed by atoms with Crippen molar-refractivity contribution in [1.29, 1.82) is 0 Å². The van der Waals surface area contributed by atoms with E-state index in [1.54, 1.807) is 19.0 Å². The van der Waals surface area contributed by atoms with E-state index in [0.29, 0.717) is 25.9 Å². The number of nitrogens with zero attached hydrogens (tertiary/aromatic N) is 2. The molecule has 1 amide bonds. The maximum atomic E-state index is 11.4. The van der Waals surface area contributed by atoms with Crippen molar-refractivity contribution in [2.24, 2.45) is 0 Å². The summed E-state index contributed by atoms with van der Waals surface area (Å²) in [5.41, 5.74) is 0. The number of amides is 1. The lowest BCUT2D eigenvalue weighted by Gasteiger charge is -2.20. The molecular weight excluding hydrogens is 208 g/mol. The van der Waals surface area contributed by atoms with E-state index in [-0.39, 0.29) is 11.9 Å². The molecule has 16 heavy (non-hydrogen) atoms. The number of ether oxygens (including phenoxy) is 1. The minimum absolute atomic E-state index is 0.108. The first kappa shape index (κ1) is 14.9. The van der Waals surface area contributed by atoms with E-state index >= 15 is 0 Å². The smallest absolute Gasteiger partial charge is 0.306 e. The second kappa shape index (κ2) is 8.10. The highest BCUT2D eigenvalue weighted by Gasteiger charge is 2.09. The maximum absolute atomic E-state index is 11.4. The summed E-state index contributed by atoms with van der Waals surface area (Å²) in [4.78, 5) is 26.0. The van der Waals surface area contributed by atoms with Gasteiger partial charge in [-0.1, -0.05) is 6.92 Å². The summed E-state index contributed by atoms with van der Waals surface area (Å²) < 4.78 is 4.57. The first-order chi connectivity index (χ1) is 7.51. The molecule has 0 aliphatic heterocycles. The Labute approximate surface area is 97.3 Å². The molecule has 0 aromatic heterocycles. The van der Waals surface area contributed by atoms with Crippen LogP contribution in [0, 0.1) is 0 Å². The topological polar surface area (TPSA) is 49.9 Å². The maximum Gasteiger partial charge on any atom is 0.306 e. The van der Waals surface area contributed by atoms with Crippen LogP contribution < -0.4 is 0 Å². The zero-order valence-electron chi connectivity index (χ0n) is 10.7. The lowest BCUT2D eigenvalue weighted by Crippen LogP contribution is -2.31. The predicted octanol–water partition coefficient (Wildman–Crippen LogP) is 0.350. The fourth-order valence-corrected chi connectivity index (χ4v) is 1.26. The van der Waals surface area contributed by atoms with Crippen molar-refractivity contribution in [1.82, 2.24) is 9.80 Å². The van der Waals surface area contributed by atoms with Crippen LogP contribution in [0.25, 0.3) is 0 Å². The summed E-state index contributed by atoms with van der Waals surface area (Å²) in [6.07, 6.45) is 0.864. The lowest BCUT2D eigenvalue weighted by molar-refractivity contribution is -0.140. The van der Waals surface area contributed by atoms with Gasteiger partial charge >= 0.3 is 5.97 Å². The van der Waals surface area contributed by atoms with Crippen LogP contribution in [0.3, 0.4) is 0 Å². The third-order valence-electron chi connectivity index (χ3n) is 2.45. The van der Waals surface area contributed by atoms with Crippen molar-refractivity contribution in [3.05, 3.63) is 0 Å². The summed E-state index contributed by atoms with van der Waals surface area (Å²) in [5, 5.41) is 0. The molecule has 0 aromatic rings. The highest BCUT2D eigenvalue weighted by molar-refractivity contribution is 5.75. The number of rotatable bonds is 7. The van der Waals surface area contributed by atoms with Crippen LogP contribution in [0.4, 0.5) is 0 Å². The standard InChI is InChI=1S/C11H22N2O3/c1-5-13(9-7-11(15)16-4)8-6-10(14)12(2)3/h5-9H2,1-4H3. The summed E-state index contributed by atoms with van der Waals surface area (Å²) >= 11 is 0. The third-order valence-corrected chi connectivity index (χ3v) is 2.45. The third kappa shape index (κ3) is 6.40. The highest BCUT2D eigenvalue weighted by Crippen LogP contribution is 1.97. The molecule has 0 rings (SSSR count). The van der Waals surface area contributed by atoms with Gasteiger partial charge < -0.3 is 14.5 Å². The van der Waals surface area contributed by atoms with E-state index in [2.05, 4.69) is 9.64 Å². The first-order valence-electron chi connectivity index (χ1n) is 5.50. The molecule has 0 fully saturated rings. The van der Waals surface area contributed by atoms with Crippen molar-refractivity contribution in [3.8, 4) is 0 Å². The van der Waals surface area contributed by atoms with Crippen LogP contribution in [0.15, 0.2) is 0 Å². The van der Waals surface area contributed by atoms with Crippen molar-refractivity contribution >= 4 is 11.9 Å². The van der Waals surface area contributed by atoms with Gasteiger partial charge in [0, 0.05) is 33.6 Å². The van der Waals surface area contributed by atoms with Crippen molar-refractivity contribution in [2.75, 3.05) is 40.8 Å². The molecule has 0 N–H and O–H groups in total. The summed E-state index contributed by atoms with van der Waals surface area (Å²) in [5.74, 6) is -0.103. The number of carbonyl (C=O) groups is 2. The average Bonchev–Trinajstić information content (AvgIpc) is 2.28. The zero-order chi connectivity index (χ0) is 12.6. The van der Waals surface area contributed by atoms with Gasteiger partial charge in [-0.25, -0.2) is 0 Å². The van der Waals surface area contributed by atoms with Gasteiger partial charge in [0.2, 0.25) is 5.91 Å². The Morgan fingerprint density at radius 3 is 2.12 bits per heavy atom. The minimum atomic E-state index is -0.211. The van der Waals surface area contributed by atoms with Crippen LogP contribution in [0.1, 0.15) is 19.8 Å². The summed E-state index contributed by atoms with van der Waals surface area (Å²) in [6, 6.07) is 0.